The molecule has 0 aliphatic carbocycles. The summed E-state index contributed by atoms with van der Waals surface area (Å²) in [6, 6.07) is 0. The van der Waals surface area contributed by atoms with Gasteiger partial charge in [-0.15, -0.1) is 0 Å². The Hall–Kier alpha value is -0.580. The summed E-state index contributed by atoms with van der Waals surface area (Å²) in [4.78, 5) is 2.47. The van der Waals surface area contributed by atoms with Gasteiger partial charge in [-0.2, -0.15) is 5.10 Å². The summed E-state index contributed by atoms with van der Waals surface area (Å²) in [5.41, 5.74) is 2.36. The Labute approximate surface area is 108 Å². The zero-order valence-electron chi connectivity index (χ0n) is 11.0. The second-order valence-electron chi connectivity index (χ2n) is 5.39. The topological polar surface area (TPSA) is 33.1 Å². The van der Waals surface area contributed by atoms with Gasteiger partial charge in [0, 0.05) is 44.3 Å². The Bertz CT molecular complexity index is 411. The van der Waals surface area contributed by atoms with E-state index < -0.39 is 0 Å². The van der Waals surface area contributed by atoms with Crippen LogP contribution < -0.4 is 5.32 Å². The fourth-order valence-corrected chi connectivity index (χ4v) is 2.59. The van der Waals surface area contributed by atoms with Crippen LogP contribution in [-0.4, -0.2) is 39.9 Å². The molecule has 0 saturated carbocycles. The first kappa shape index (κ1) is 12.9. The highest BCUT2D eigenvalue weighted by molar-refractivity contribution is 6.30. The molecular weight excluding hydrogens is 236 g/mol. The monoisotopic (exact) mass is 256 g/mol. The van der Waals surface area contributed by atoms with E-state index in [4.69, 9.17) is 11.6 Å². The van der Waals surface area contributed by atoms with Crippen molar-refractivity contribution in [2.75, 3.05) is 19.6 Å². The Morgan fingerprint density at radius 2 is 2.18 bits per heavy atom. The molecule has 1 fully saturated rings. The fraction of sp³-hybridized carbons (Fsp3) is 0.750. The molecular formula is C12H21ClN4. The molecule has 17 heavy (non-hydrogen) atoms. The minimum absolute atomic E-state index is 0.170. The van der Waals surface area contributed by atoms with E-state index >= 15 is 0 Å². The summed E-state index contributed by atoms with van der Waals surface area (Å²) in [6.07, 6.45) is 0. The van der Waals surface area contributed by atoms with Gasteiger partial charge in [0.25, 0.3) is 0 Å². The maximum absolute atomic E-state index is 6.28. The SMILES string of the molecule is Cc1nn(C)c(Cl)c1CN1CCNCC1(C)C. The quantitative estimate of drug-likeness (QED) is 0.872. The lowest BCUT2D eigenvalue weighted by Crippen LogP contribution is -2.57. The predicted octanol–water partition coefficient (Wildman–Crippen LogP) is 1.57. The van der Waals surface area contributed by atoms with Crippen LogP contribution in [0.25, 0.3) is 0 Å². The lowest BCUT2D eigenvalue weighted by molar-refractivity contribution is 0.0826. The molecule has 0 radical (unpaired) electrons. The van der Waals surface area contributed by atoms with Crippen molar-refractivity contribution in [3.05, 3.63) is 16.4 Å². The highest BCUT2D eigenvalue weighted by Gasteiger charge is 2.30. The molecule has 0 spiro atoms. The minimum atomic E-state index is 0.170. The Kier molecular flexibility index (Phi) is 3.48. The maximum Gasteiger partial charge on any atom is 0.131 e. The van der Waals surface area contributed by atoms with Gasteiger partial charge in [-0.3, -0.25) is 9.58 Å². The summed E-state index contributed by atoms with van der Waals surface area (Å²) in [5, 5.41) is 8.56. The number of hydrogen-bond donors (Lipinski definition) is 1. The molecule has 2 heterocycles. The van der Waals surface area contributed by atoms with E-state index in [0.29, 0.717) is 0 Å². The first-order chi connectivity index (χ1) is 7.92. The molecule has 5 heteroatoms. The van der Waals surface area contributed by atoms with E-state index in [9.17, 15) is 0 Å². The van der Waals surface area contributed by atoms with Crippen LogP contribution in [0.4, 0.5) is 0 Å². The number of hydrogen-bond acceptors (Lipinski definition) is 3. The number of nitrogens with zero attached hydrogens (tertiary/aromatic N) is 3. The van der Waals surface area contributed by atoms with E-state index in [0.717, 1.165) is 42.6 Å². The van der Waals surface area contributed by atoms with Crippen molar-refractivity contribution in [3.63, 3.8) is 0 Å². The average Bonchev–Trinajstić information content (AvgIpc) is 2.47. The third kappa shape index (κ3) is 2.49. The smallest absolute Gasteiger partial charge is 0.131 e. The van der Waals surface area contributed by atoms with Crippen LogP contribution in [0.2, 0.25) is 5.15 Å². The number of nitrogens with one attached hydrogen (secondary N) is 1. The molecule has 0 aromatic carbocycles. The highest BCUT2D eigenvalue weighted by Crippen LogP contribution is 2.25. The van der Waals surface area contributed by atoms with Crippen molar-refractivity contribution in [3.8, 4) is 0 Å². The van der Waals surface area contributed by atoms with Crippen molar-refractivity contribution in [2.45, 2.75) is 32.9 Å². The molecule has 1 aromatic rings. The van der Waals surface area contributed by atoms with E-state index in [2.05, 4.69) is 29.2 Å². The van der Waals surface area contributed by atoms with E-state index in [1.165, 1.54) is 0 Å². The van der Waals surface area contributed by atoms with Crippen molar-refractivity contribution < 1.29 is 0 Å². The standard InChI is InChI=1S/C12H21ClN4/c1-9-10(11(13)16(4)15-9)7-17-6-5-14-8-12(17,2)3/h14H,5-8H2,1-4H3. The largest absolute Gasteiger partial charge is 0.314 e. The number of rotatable bonds is 2. The molecule has 0 amide bonds. The Balaban J connectivity index is 2.20. The third-order valence-corrected chi connectivity index (χ3v) is 4.06. The Morgan fingerprint density at radius 1 is 1.47 bits per heavy atom. The van der Waals surface area contributed by atoms with Crippen LogP contribution in [0.1, 0.15) is 25.1 Å². The van der Waals surface area contributed by atoms with Gasteiger partial charge in [0.15, 0.2) is 0 Å². The molecule has 1 saturated heterocycles. The van der Waals surface area contributed by atoms with Gasteiger partial charge in [-0.05, 0) is 20.8 Å². The molecule has 0 bridgehead atoms. The summed E-state index contributed by atoms with van der Waals surface area (Å²) >= 11 is 6.28. The van der Waals surface area contributed by atoms with Crippen molar-refractivity contribution in [2.24, 2.45) is 7.05 Å². The van der Waals surface area contributed by atoms with Crippen molar-refractivity contribution >= 4 is 11.6 Å². The fourth-order valence-electron chi connectivity index (χ4n) is 2.36. The van der Waals surface area contributed by atoms with Gasteiger partial charge in [-0.1, -0.05) is 11.6 Å². The van der Waals surface area contributed by atoms with Gasteiger partial charge in [0.05, 0.1) is 5.69 Å². The lowest BCUT2D eigenvalue weighted by atomic mass is 9.99. The molecule has 0 atom stereocenters. The first-order valence-corrected chi connectivity index (χ1v) is 6.43. The molecule has 1 aliphatic rings. The maximum atomic E-state index is 6.28. The van der Waals surface area contributed by atoms with Crippen LogP contribution in [0.15, 0.2) is 0 Å². The predicted molar refractivity (Wildman–Crippen MR) is 70.3 cm³/mol. The van der Waals surface area contributed by atoms with Crippen molar-refractivity contribution in [1.29, 1.82) is 0 Å². The van der Waals surface area contributed by atoms with Gasteiger partial charge in [0.2, 0.25) is 0 Å². The zero-order chi connectivity index (χ0) is 12.6. The molecule has 96 valence electrons. The van der Waals surface area contributed by atoms with Crippen LogP contribution in [0.3, 0.4) is 0 Å². The Morgan fingerprint density at radius 3 is 2.71 bits per heavy atom. The summed E-state index contributed by atoms with van der Waals surface area (Å²) < 4.78 is 1.75. The summed E-state index contributed by atoms with van der Waals surface area (Å²) in [6.45, 7) is 10.5. The molecule has 4 nitrogen and oxygen atoms in total. The van der Waals surface area contributed by atoms with Gasteiger partial charge < -0.3 is 5.32 Å². The number of piperazine rings is 1. The third-order valence-electron chi connectivity index (χ3n) is 3.59. The molecule has 1 aromatic heterocycles. The number of aryl methyl sites for hydroxylation is 2. The average molecular weight is 257 g/mol. The van der Waals surface area contributed by atoms with E-state index in [1.807, 2.05) is 14.0 Å². The molecule has 1 N–H and O–H groups in total. The van der Waals surface area contributed by atoms with Crippen molar-refractivity contribution in [1.82, 2.24) is 20.0 Å². The van der Waals surface area contributed by atoms with Crippen LogP contribution in [0.5, 0.6) is 0 Å². The first-order valence-electron chi connectivity index (χ1n) is 6.05. The second kappa shape index (κ2) is 4.59. The lowest BCUT2D eigenvalue weighted by Gasteiger charge is -2.42. The van der Waals surface area contributed by atoms with Gasteiger partial charge in [0.1, 0.15) is 5.15 Å². The molecule has 0 unspecified atom stereocenters. The van der Waals surface area contributed by atoms with Gasteiger partial charge in [-0.25, -0.2) is 0 Å². The second-order valence-corrected chi connectivity index (χ2v) is 5.75. The van der Waals surface area contributed by atoms with E-state index in [1.54, 1.807) is 4.68 Å². The molecule has 2 rings (SSSR count). The van der Waals surface area contributed by atoms with Crippen LogP contribution in [0, 0.1) is 6.92 Å². The van der Waals surface area contributed by atoms with Crippen LogP contribution >= 0.6 is 11.6 Å². The minimum Gasteiger partial charge on any atom is -0.314 e. The molecule has 1 aliphatic heterocycles. The normalized spacial score (nSPS) is 20.8. The zero-order valence-corrected chi connectivity index (χ0v) is 11.8. The van der Waals surface area contributed by atoms with Gasteiger partial charge >= 0.3 is 0 Å². The highest BCUT2D eigenvalue weighted by atomic mass is 35.5. The number of halogens is 1. The summed E-state index contributed by atoms with van der Waals surface area (Å²) in [5.74, 6) is 0. The number of aromatic nitrogens is 2. The van der Waals surface area contributed by atoms with E-state index in [-0.39, 0.29) is 5.54 Å². The summed E-state index contributed by atoms with van der Waals surface area (Å²) in [7, 11) is 1.89. The van der Waals surface area contributed by atoms with Crippen LogP contribution in [-0.2, 0) is 13.6 Å².